The molecule has 12 nitrogen and oxygen atoms in total. The Kier molecular flexibility index (Phi) is 5.90. The average Bonchev–Trinajstić information content (AvgIpc) is 2.85. The molecule has 1 fully saturated rings. The Morgan fingerprint density at radius 1 is 0.750 bits per heavy atom. The summed E-state index contributed by atoms with van der Waals surface area (Å²) in [5.41, 5.74) is -2.24. The molecule has 0 aliphatic carbocycles. The van der Waals surface area contributed by atoms with Gasteiger partial charge in [0, 0.05) is 22.9 Å². The molecule has 0 bridgehead atoms. The van der Waals surface area contributed by atoms with Gasteiger partial charge in [-0.3, -0.25) is 0 Å². The van der Waals surface area contributed by atoms with Crippen LogP contribution < -0.4 is 16.0 Å². The fourth-order valence-electron chi connectivity index (χ4n) is 4.17. The van der Waals surface area contributed by atoms with Crippen LogP contribution in [-0.4, -0.2) is 68.0 Å². The van der Waals surface area contributed by atoms with E-state index in [4.69, 9.17) is 18.3 Å². The minimum atomic E-state index is -1.84. The molecule has 2 aromatic carbocycles. The summed E-state index contributed by atoms with van der Waals surface area (Å²) in [6.07, 6.45) is -8.34. The second-order valence-electron chi connectivity index (χ2n) is 8.22. The fourth-order valence-corrected chi connectivity index (χ4v) is 4.17. The summed E-state index contributed by atoms with van der Waals surface area (Å²) in [7, 11) is 0. The van der Waals surface area contributed by atoms with Crippen molar-refractivity contribution in [1.29, 1.82) is 0 Å². The van der Waals surface area contributed by atoms with Gasteiger partial charge in [0.15, 0.2) is 17.1 Å². The second-order valence-corrected chi connectivity index (χ2v) is 8.22. The lowest BCUT2D eigenvalue weighted by molar-refractivity contribution is -0.277. The van der Waals surface area contributed by atoms with Crippen LogP contribution in [-0.2, 0) is 4.74 Å². The molecule has 6 N–H and O–H groups in total. The number of hydrogen-bond donors (Lipinski definition) is 6. The van der Waals surface area contributed by atoms with E-state index < -0.39 is 65.8 Å². The van der Waals surface area contributed by atoms with Crippen molar-refractivity contribution in [3.63, 3.8) is 0 Å². The van der Waals surface area contributed by atoms with Gasteiger partial charge in [0.25, 0.3) is 0 Å². The molecule has 0 amide bonds. The van der Waals surface area contributed by atoms with E-state index in [0.717, 1.165) is 12.1 Å². The van der Waals surface area contributed by atoms with Gasteiger partial charge in [-0.05, 0) is 30.3 Å². The number of ether oxygens (including phenoxy) is 2. The van der Waals surface area contributed by atoms with Crippen LogP contribution in [0.5, 0.6) is 17.2 Å². The molecule has 0 radical (unpaired) electrons. The van der Waals surface area contributed by atoms with Gasteiger partial charge >= 0.3 is 11.3 Å². The molecule has 36 heavy (non-hydrogen) atoms. The van der Waals surface area contributed by atoms with Crippen molar-refractivity contribution in [2.75, 3.05) is 6.61 Å². The average molecular weight is 500 g/mol. The number of phenols is 2. The summed E-state index contributed by atoms with van der Waals surface area (Å²) >= 11 is 0. The molecule has 1 aliphatic heterocycles. The van der Waals surface area contributed by atoms with Crippen LogP contribution in [0.3, 0.4) is 0 Å². The molecule has 5 rings (SSSR count). The first kappa shape index (κ1) is 23.8. The Labute approximate surface area is 200 Å². The van der Waals surface area contributed by atoms with E-state index in [0.29, 0.717) is 5.39 Å². The van der Waals surface area contributed by atoms with Gasteiger partial charge in [-0.2, -0.15) is 0 Å². The SMILES string of the molecule is O=c1ccc2ccc(O)c(-c3c(O[C@@H]4O[C@@H](CO)[C@H](O)[C@@H](O)[C@@H]4O)c(O)cc4ccc(=O)oc34)c2o1. The monoisotopic (exact) mass is 500 g/mol. The van der Waals surface area contributed by atoms with Crippen molar-refractivity contribution in [1.82, 2.24) is 0 Å². The van der Waals surface area contributed by atoms with Crippen LogP contribution in [0, 0.1) is 0 Å². The summed E-state index contributed by atoms with van der Waals surface area (Å²) in [5, 5.41) is 62.4. The van der Waals surface area contributed by atoms with Crippen LogP contribution in [0.2, 0.25) is 0 Å². The first-order valence-electron chi connectivity index (χ1n) is 10.7. The van der Waals surface area contributed by atoms with Crippen molar-refractivity contribution < 1.29 is 48.9 Å². The third-order valence-electron chi connectivity index (χ3n) is 5.94. The molecule has 1 aliphatic rings. The summed E-state index contributed by atoms with van der Waals surface area (Å²) in [6, 6.07) is 8.98. The quantitative estimate of drug-likeness (QED) is 0.208. The van der Waals surface area contributed by atoms with Crippen LogP contribution >= 0.6 is 0 Å². The molecule has 4 aromatic rings. The van der Waals surface area contributed by atoms with Crippen molar-refractivity contribution >= 4 is 21.9 Å². The topological polar surface area (TPSA) is 200 Å². The number of benzene rings is 2. The number of aromatic hydroxyl groups is 2. The molecule has 0 saturated carbocycles. The Hall–Kier alpha value is -3.94. The number of rotatable bonds is 4. The van der Waals surface area contributed by atoms with E-state index in [9.17, 15) is 40.2 Å². The summed E-state index contributed by atoms with van der Waals surface area (Å²) in [6.45, 7) is -0.731. The van der Waals surface area contributed by atoms with Gasteiger partial charge in [-0.1, -0.05) is 0 Å². The summed E-state index contributed by atoms with van der Waals surface area (Å²) in [4.78, 5) is 24.1. The molecular formula is C24H20O12. The zero-order chi connectivity index (χ0) is 25.7. The number of phenolic OH excluding ortho intramolecular Hbond substituents is 2. The normalized spacial score (nSPS) is 24.3. The molecule has 0 unspecified atom stereocenters. The van der Waals surface area contributed by atoms with E-state index in [1.807, 2.05) is 0 Å². The van der Waals surface area contributed by atoms with Gasteiger partial charge in [-0.25, -0.2) is 9.59 Å². The largest absolute Gasteiger partial charge is 0.507 e. The van der Waals surface area contributed by atoms with E-state index in [2.05, 4.69) is 0 Å². The molecule has 3 heterocycles. The third-order valence-corrected chi connectivity index (χ3v) is 5.94. The minimum absolute atomic E-state index is 0.125. The first-order valence-corrected chi connectivity index (χ1v) is 10.7. The Morgan fingerprint density at radius 2 is 1.36 bits per heavy atom. The maximum atomic E-state index is 12.1. The zero-order valence-electron chi connectivity index (χ0n) is 18.3. The minimum Gasteiger partial charge on any atom is -0.507 e. The lowest BCUT2D eigenvalue weighted by atomic mass is 9.97. The maximum absolute atomic E-state index is 12.1. The number of aliphatic hydroxyl groups is 4. The highest BCUT2D eigenvalue weighted by Crippen LogP contribution is 2.49. The van der Waals surface area contributed by atoms with Crippen LogP contribution in [0.15, 0.2) is 60.9 Å². The Bertz CT molecular complexity index is 1570. The van der Waals surface area contributed by atoms with Crippen LogP contribution in [0.4, 0.5) is 0 Å². The van der Waals surface area contributed by atoms with Gasteiger partial charge < -0.3 is 48.9 Å². The van der Waals surface area contributed by atoms with E-state index >= 15 is 0 Å². The highest BCUT2D eigenvalue weighted by atomic mass is 16.7. The highest BCUT2D eigenvalue weighted by Gasteiger charge is 2.45. The fraction of sp³-hybridized carbons (Fsp3) is 0.250. The molecule has 12 heteroatoms. The first-order chi connectivity index (χ1) is 17.2. The van der Waals surface area contributed by atoms with E-state index in [1.165, 1.54) is 30.3 Å². The molecule has 2 aromatic heterocycles. The van der Waals surface area contributed by atoms with Gasteiger partial charge in [-0.15, -0.1) is 0 Å². The van der Waals surface area contributed by atoms with Crippen LogP contribution in [0.25, 0.3) is 33.1 Å². The smallest absolute Gasteiger partial charge is 0.336 e. The third kappa shape index (κ3) is 3.86. The molecular weight excluding hydrogens is 480 g/mol. The Balaban J connectivity index is 1.80. The van der Waals surface area contributed by atoms with Crippen molar-refractivity contribution in [3.8, 4) is 28.4 Å². The van der Waals surface area contributed by atoms with Crippen LogP contribution in [0.1, 0.15) is 0 Å². The van der Waals surface area contributed by atoms with Crippen molar-refractivity contribution in [3.05, 3.63) is 63.3 Å². The molecule has 0 spiro atoms. The predicted octanol–water partition coefficient (Wildman–Crippen LogP) is 0.156. The predicted molar refractivity (Wildman–Crippen MR) is 122 cm³/mol. The van der Waals surface area contributed by atoms with Crippen molar-refractivity contribution in [2.45, 2.75) is 30.7 Å². The lowest BCUT2D eigenvalue weighted by Gasteiger charge is -2.39. The van der Waals surface area contributed by atoms with Gasteiger partial charge in [0.05, 0.1) is 17.7 Å². The number of fused-ring (bicyclic) bond motifs is 2. The standard InChI is InChI=1S/C24H20O12/c25-8-13-18(30)19(31)20(32)24(33-13)36-23-12(27)7-10-3-6-15(29)35-22(10)17(23)16-11(26)4-1-9-2-5-14(28)34-21(9)16/h1-7,13,18-20,24-27,30-32H,8H2/t13-,18-,19+,20-,24-/m0/s1. The molecule has 188 valence electrons. The maximum Gasteiger partial charge on any atom is 0.336 e. The lowest BCUT2D eigenvalue weighted by Crippen LogP contribution is -2.60. The van der Waals surface area contributed by atoms with Gasteiger partial charge in [0.1, 0.15) is 35.7 Å². The number of aliphatic hydroxyl groups excluding tert-OH is 4. The Morgan fingerprint density at radius 3 is 2.03 bits per heavy atom. The zero-order valence-corrected chi connectivity index (χ0v) is 18.3. The molecule has 5 atom stereocenters. The van der Waals surface area contributed by atoms with E-state index in [-0.39, 0.29) is 27.7 Å². The van der Waals surface area contributed by atoms with E-state index in [1.54, 1.807) is 0 Å². The second kappa shape index (κ2) is 8.93. The molecule has 1 saturated heterocycles. The highest BCUT2D eigenvalue weighted by molar-refractivity contribution is 6.06. The summed E-state index contributed by atoms with van der Waals surface area (Å²) in [5.74, 6) is -1.47. The number of hydrogen-bond acceptors (Lipinski definition) is 12. The van der Waals surface area contributed by atoms with Crippen molar-refractivity contribution in [2.24, 2.45) is 0 Å². The summed E-state index contributed by atoms with van der Waals surface area (Å²) < 4.78 is 21.8. The van der Waals surface area contributed by atoms with Gasteiger partial charge in [0.2, 0.25) is 6.29 Å².